The van der Waals surface area contributed by atoms with Gasteiger partial charge in [-0.3, -0.25) is 9.69 Å². The fourth-order valence-corrected chi connectivity index (χ4v) is 2.96. The molecule has 2 nitrogen and oxygen atoms in total. The molecule has 0 saturated heterocycles. The summed E-state index contributed by atoms with van der Waals surface area (Å²) in [6.45, 7) is 4.04. The zero-order valence-electron chi connectivity index (χ0n) is 9.11. The average molecular weight is 223 g/mol. The summed E-state index contributed by atoms with van der Waals surface area (Å²) in [5.74, 6) is 0.438. The van der Waals surface area contributed by atoms with E-state index in [1.807, 2.05) is 0 Å². The summed E-state index contributed by atoms with van der Waals surface area (Å²) in [6, 6.07) is 4.41. The monoisotopic (exact) mass is 223 g/mol. The lowest BCUT2D eigenvalue weighted by molar-refractivity contribution is -0.122. The van der Waals surface area contributed by atoms with Crippen LogP contribution in [0.25, 0.3) is 0 Å². The van der Waals surface area contributed by atoms with E-state index in [0.29, 0.717) is 5.78 Å². The molecule has 0 spiro atoms. The molecule has 1 fully saturated rings. The van der Waals surface area contributed by atoms with Gasteiger partial charge in [-0.15, -0.1) is 11.3 Å². The van der Waals surface area contributed by atoms with Crippen LogP contribution in [0.15, 0.2) is 17.5 Å². The van der Waals surface area contributed by atoms with Crippen LogP contribution in [0.2, 0.25) is 0 Å². The van der Waals surface area contributed by atoms with E-state index in [-0.39, 0.29) is 6.04 Å². The van der Waals surface area contributed by atoms with Crippen molar-refractivity contribution < 1.29 is 4.79 Å². The molecule has 0 aliphatic heterocycles. The van der Waals surface area contributed by atoms with E-state index in [1.54, 1.807) is 11.3 Å². The molecule has 1 saturated carbocycles. The SMILES string of the molecule is CCN(Cc1cccs1)C1CCCC1=O. The van der Waals surface area contributed by atoms with Gasteiger partial charge in [0.15, 0.2) is 0 Å². The first-order valence-electron chi connectivity index (χ1n) is 5.60. The lowest BCUT2D eigenvalue weighted by Gasteiger charge is -2.25. The standard InChI is InChI=1S/C12H17NOS/c1-2-13(9-10-5-4-8-15-10)11-6-3-7-12(11)14/h4-5,8,11H,2-3,6-7,9H2,1H3. The van der Waals surface area contributed by atoms with Gasteiger partial charge in [-0.25, -0.2) is 0 Å². The van der Waals surface area contributed by atoms with Gasteiger partial charge in [-0.2, -0.15) is 0 Å². The van der Waals surface area contributed by atoms with Crippen LogP contribution in [0.4, 0.5) is 0 Å². The minimum atomic E-state index is 0.192. The molecular weight excluding hydrogens is 206 g/mol. The fraction of sp³-hybridized carbons (Fsp3) is 0.583. The van der Waals surface area contributed by atoms with Crippen LogP contribution in [0.5, 0.6) is 0 Å². The highest BCUT2D eigenvalue weighted by Crippen LogP contribution is 2.23. The van der Waals surface area contributed by atoms with Gasteiger partial charge in [0.05, 0.1) is 6.04 Å². The number of Topliss-reactive ketones (excluding diaryl/α,β-unsaturated/α-hetero) is 1. The highest BCUT2D eigenvalue weighted by molar-refractivity contribution is 7.09. The Kier molecular flexibility index (Phi) is 3.54. The summed E-state index contributed by atoms with van der Waals surface area (Å²) in [7, 11) is 0. The average Bonchev–Trinajstić information content (AvgIpc) is 2.85. The molecule has 3 heteroatoms. The van der Waals surface area contributed by atoms with Crippen molar-refractivity contribution in [1.29, 1.82) is 0 Å². The maximum atomic E-state index is 11.7. The minimum Gasteiger partial charge on any atom is -0.298 e. The highest BCUT2D eigenvalue weighted by Gasteiger charge is 2.29. The number of hydrogen-bond donors (Lipinski definition) is 0. The van der Waals surface area contributed by atoms with Crippen molar-refractivity contribution in [2.75, 3.05) is 6.54 Å². The van der Waals surface area contributed by atoms with E-state index in [9.17, 15) is 4.79 Å². The zero-order valence-corrected chi connectivity index (χ0v) is 9.93. The molecule has 15 heavy (non-hydrogen) atoms. The molecule has 1 aliphatic carbocycles. The van der Waals surface area contributed by atoms with Gasteiger partial charge >= 0.3 is 0 Å². The Balaban J connectivity index is 2.01. The van der Waals surface area contributed by atoms with Crippen LogP contribution in [0.1, 0.15) is 31.1 Å². The number of carbonyl (C=O) groups excluding carboxylic acids is 1. The Bertz CT molecular complexity index is 320. The van der Waals surface area contributed by atoms with E-state index in [2.05, 4.69) is 29.3 Å². The van der Waals surface area contributed by atoms with E-state index in [4.69, 9.17) is 0 Å². The Morgan fingerprint density at radius 3 is 3.00 bits per heavy atom. The van der Waals surface area contributed by atoms with Gasteiger partial charge in [0.25, 0.3) is 0 Å². The number of likely N-dealkylation sites (N-methyl/N-ethyl adjacent to an activating group) is 1. The second kappa shape index (κ2) is 4.90. The van der Waals surface area contributed by atoms with Crippen molar-refractivity contribution in [2.45, 2.75) is 38.8 Å². The highest BCUT2D eigenvalue weighted by atomic mass is 32.1. The second-order valence-electron chi connectivity index (χ2n) is 4.02. The molecule has 0 amide bonds. The summed E-state index contributed by atoms with van der Waals surface area (Å²) < 4.78 is 0. The molecule has 0 aromatic carbocycles. The molecule has 2 rings (SSSR count). The van der Waals surface area contributed by atoms with Crippen molar-refractivity contribution in [2.24, 2.45) is 0 Å². The van der Waals surface area contributed by atoms with Crippen LogP contribution in [-0.2, 0) is 11.3 Å². The van der Waals surface area contributed by atoms with Crippen LogP contribution >= 0.6 is 11.3 Å². The molecule has 1 aliphatic rings. The smallest absolute Gasteiger partial charge is 0.149 e. The van der Waals surface area contributed by atoms with Crippen molar-refractivity contribution in [3.05, 3.63) is 22.4 Å². The Morgan fingerprint density at radius 1 is 1.60 bits per heavy atom. The summed E-state index contributed by atoms with van der Waals surface area (Å²) in [5, 5.41) is 2.10. The van der Waals surface area contributed by atoms with Crippen molar-refractivity contribution >= 4 is 17.1 Å². The van der Waals surface area contributed by atoms with Gasteiger partial charge in [0.1, 0.15) is 5.78 Å². The number of nitrogens with zero attached hydrogens (tertiary/aromatic N) is 1. The number of hydrogen-bond acceptors (Lipinski definition) is 3. The van der Waals surface area contributed by atoms with E-state index in [1.165, 1.54) is 4.88 Å². The molecule has 0 radical (unpaired) electrons. The summed E-state index contributed by atoms with van der Waals surface area (Å²) in [4.78, 5) is 15.3. The Morgan fingerprint density at radius 2 is 2.47 bits per heavy atom. The van der Waals surface area contributed by atoms with E-state index in [0.717, 1.165) is 32.4 Å². The van der Waals surface area contributed by atoms with E-state index >= 15 is 0 Å². The molecule has 1 unspecified atom stereocenters. The maximum Gasteiger partial charge on any atom is 0.149 e. The normalized spacial score (nSPS) is 21.5. The first-order chi connectivity index (χ1) is 7.31. The van der Waals surface area contributed by atoms with Crippen molar-refractivity contribution in [1.82, 2.24) is 4.90 Å². The van der Waals surface area contributed by atoms with Crippen LogP contribution in [0, 0.1) is 0 Å². The third kappa shape index (κ3) is 2.47. The number of ketones is 1. The predicted molar refractivity (Wildman–Crippen MR) is 63.0 cm³/mol. The molecule has 82 valence electrons. The maximum absolute atomic E-state index is 11.7. The molecule has 0 N–H and O–H groups in total. The van der Waals surface area contributed by atoms with Gasteiger partial charge in [-0.1, -0.05) is 13.0 Å². The summed E-state index contributed by atoms with van der Waals surface area (Å²) in [6.07, 6.45) is 2.91. The summed E-state index contributed by atoms with van der Waals surface area (Å²) >= 11 is 1.77. The number of rotatable bonds is 4. The minimum absolute atomic E-state index is 0.192. The zero-order chi connectivity index (χ0) is 10.7. The lowest BCUT2D eigenvalue weighted by Crippen LogP contribution is -2.37. The third-order valence-corrected chi connectivity index (χ3v) is 3.92. The van der Waals surface area contributed by atoms with Gasteiger partial charge in [-0.05, 0) is 30.8 Å². The van der Waals surface area contributed by atoms with Gasteiger partial charge in [0, 0.05) is 17.8 Å². The summed E-state index contributed by atoms with van der Waals surface area (Å²) in [5.41, 5.74) is 0. The first kappa shape index (κ1) is 10.8. The Hall–Kier alpha value is -0.670. The molecular formula is C12H17NOS. The second-order valence-corrected chi connectivity index (χ2v) is 5.05. The van der Waals surface area contributed by atoms with Crippen LogP contribution in [0.3, 0.4) is 0 Å². The van der Waals surface area contributed by atoms with Crippen molar-refractivity contribution in [3.8, 4) is 0 Å². The molecule has 1 heterocycles. The van der Waals surface area contributed by atoms with Gasteiger partial charge < -0.3 is 0 Å². The third-order valence-electron chi connectivity index (χ3n) is 3.06. The largest absolute Gasteiger partial charge is 0.298 e. The molecule has 1 aromatic rings. The molecule has 1 atom stereocenters. The number of thiophene rings is 1. The molecule has 0 bridgehead atoms. The Labute approximate surface area is 94.9 Å². The number of carbonyl (C=O) groups is 1. The van der Waals surface area contributed by atoms with Crippen molar-refractivity contribution in [3.63, 3.8) is 0 Å². The predicted octanol–water partition coefficient (Wildman–Crippen LogP) is 2.69. The van der Waals surface area contributed by atoms with Crippen LogP contribution < -0.4 is 0 Å². The van der Waals surface area contributed by atoms with E-state index < -0.39 is 0 Å². The fourth-order valence-electron chi connectivity index (χ4n) is 2.23. The molecule has 1 aromatic heterocycles. The first-order valence-corrected chi connectivity index (χ1v) is 6.48. The van der Waals surface area contributed by atoms with Gasteiger partial charge in [0.2, 0.25) is 0 Å². The quantitative estimate of drug-likeness (QED) is 0.782. The topological polar surface area (TPSA) is 20.3 Å². The van der Waals surface area contributed by atoms with Crippen LogP contribution in [-0.4, -0.2) is 23.3 Å². The lowest BCUT2D eigenvalue weighted by atomic mass is 10.2.